The van der Waals surface area contributed by atoms with Crippen molar-refractivity contribution in [1.82, 2.24) is 31.0 Å². The smallest absolute Gasteiger partial charge is 0.272 e. The van der Waals surface area contributed by atoms with Gasteiger partial charge in [-0.05, 0) is 37.1 Å². The molecule has 3 amide bonds. The number of nitrogens with zero attached hydrogens (tertiary/aromatic N) is 4. The maximum atomic E-state index is 13.1. The van der Waals surface area contributed by atoms with E-state index in [1.807, 2.05) is 23.5 Å². The zero-order valence-electron chi connectivity index (χ0n) is 24.8. The van der Waals surface area contributed by atoms with E-state index in [-0.39, 0.29) is 53.1 Å². The minimum atomic E-state index is -1.03. The molecular weight excluding hydrogens is 557 g/mol. The van der Waals surface area contributed by atoms with E-state index in [0.717, 1.165) is 12.8 Å². The van der Waals surface area contributed by atoms with Gasteiger partial charge < -0.3 is 40.4 Å². The van der Waals surface area contributed by atoms with Crippen molar-refractivity contribution in [1.29, 1.82) is 0 Å². The number of carbonyl (C=O) groups is 3. The average molecular weight is 590 g/mol. The van der Waals surface area contributed by atoms with E-state index in [0.29, 0.717) is 11.3 Å². The van der Waals surface area contributed by atoms with Crippen LogP contribution >= 0.6 is 0 Å². The SMILES string of the molecule is BC(B)(B)NC(=O)c1nnc(NC(=O)C2CC2)cc1Nc1cccc(-c2nc([C@H](NC(=O)COC)[C@H](C)O)no2)c1OC. The molecule has 1 aromatic carbocycles. The number of para-hydroxylation sites is 1. The molecule has 2 atom stereocenters. The van der Waals surface area contributed by atoms with Crippen LogP contribution in [0.4, 0.5) is 17.2 Å². The minimum absolute atomic E-state index is 0.00143. The minimum Gasteiger partial charge on any atom is -0.494 e. The first-order chi connectivity index (χ1) is 20.4. The summed E-state index contributed by atoms with van der Waals surface area (Å²) in [5.74, 6) is -0.580. The Balaban J connectivity index is 1.68. The molecule has 5 N–H and O–H groups in total. The van der Waals surface area contributed by atoms with Gasteiger partial charge in [0.1, 0.15) is 36.2 Å². The van der Waals surface area contributed by atoms with E-state index in [9.17, 15) is 19.5 Å². The van der Waals surface area contributed by atoms with Crippen LogP contribution in [-0.4, -0.2) is 98.9 Å². The van der Waals surface area contributed by atoms with Gasteiger partial charge >= 0.3 is 0 Å². The summed E-state index contributed by atoms with van der Waals surface area (Å²) in [4.78, 5) is 42.0. The summed E-state index contributed by atoms with van der Waals surface area (Å²) in [6.07, 6.45) is 0.595. The van der Waals surface area contributed by atoms with Crippen LogP contribution in [0.15, 0.2) is 28.8 Å². The Morgan fingerprint density at radius 1 is 1.16 bits per heavy atom. The number of amides is 3. The molecule has 1 fully saturated rings. The summed E-state index contributed by atoms with van der Waals surface area (Å²) >= 11 is 0. The highest BCUT2D eigenvalue weighted by molar-refractivity contribution is 6.60. The molecule has 0 unspecified atom stereocenters. The van der Waals surface area contributed by atoms with Crippen LogP contribution in [-0.2, 0) is 14.3 Å². The first-order valence-corrected chi connectivity index (χ1v) is 13.7. The maximum absolute atomic E-state index is 13.1. The number of methoxy groups -OCH3 is 2. The van der Waals surface area contributed by atoms with Crippen molar-refractivity contribution in [2.45, 2.75) is 37.1 Å². The summed E-state index contributed by atoms with van der Waals surface area (Å²) in [6, 6.07) is 5.66. The van der Waals surface area contributed by atoms with Crippen LogP contribution < -0.4 is 26.0 Å². The third-order valence-corrected chi connectivity index (χ3v) is 6.21. The quantitative estimate of drug-likeness (QED) is 0.138. The number of benzene rings is 1. The molecule has 43 heavy (non-hydrogen) atoms. The summed E-state index contributed by atoms with van der Waals surface area (Å²) in [5.41, 5.74) is 1.07. The van der Waals surface area contributed by atoms with Gasteiger partial charge in [-0.15, -0.1) is 10.2 Å². The highest BCUT2D eigenvalue weighted by Gasteiger charge is 2.31. The maximum Gasteiger partial charge on any atom is 0.272 e. The second kappa shape index (κ2) is 13.3. The molecule has 0 aliphatic heterocycles. The van der Waals surface area contributed by atoms with E-state index in [2.05, 4.69) is 41.6 Å². The number of nitrogens with one attached hydrogen (secondary N) is 4. The summed E-state index contributed by atoms with van der Waals surface area (Å²) in [5, 5.41) is 33.2. The Labute approximate surface area is 250 Å². The van der Waals surface area contributed by atoms with Crippen molar-refractivity contribution in [2.75, 3.05) is 31.5 Å². The zero-order valence-corrected chi connectivity index (χ0v) is 24.8. The molecule has 2 heterocycles. The standard InChI is InChI=1S/C25H33B3N8O7/c1-11(37)18(31-17(38)10-41-2)21-32-24(43-36-21)13-5-4-6-14(20(13)42-3)29-15-9-16(30-22(39)12-7-8-12)34-35-19(15)23(40)33-25(26,27)28/h4-6,9,11-12,18,37H,7-8,10,26-28H2,1-3H3,(H,31,38)(H,33,40)(H2,29,30,34,39)/t11-,18+/m0/s1. The number of anilines is 3. The number of hydrogen-bond acceptors (Lipinski definition) is 12. The molecule has 0 radical (unpaired) electrons. The third kappa shape index (κ3) is 8.11. The van der Waals surface area contributed by atoms with Crippen LogP contribution in [0, 0.1) is 5.92 Å². The van der Waals surface area contributed by atoms with Gasteiger partial charge in [0.2, 0.25) is 11.8 Å². The molecule has 18 heteroatoms. The Kier molecular flexibility index (Phi) is 9.71. The molecule has 2 aromatic heterocycles. The Morgan fingerprint density at radius 2 is 1.91 bits per heavy atom. The fourth-order valence-corrected chi connectivity index (χ4v) is 4.08. The van der Waals surface area contributed by atoms with E-state index in [1.165, 1.54) is 27.2 Å². The number of ether oxygens (including phenoxy) is 2. The van der Waals surface area contributed by atoms with Crippen LogP contribution in [0.25, 0.3) is 11.5 Å². The number of aromatic nitrogens is 4. The zero-order chi connectivity index (χ0) is 31.3. The van der Waals surface area contributed by atoms with Gasteiger partial charge in [0.25, 0.3) is 11.8 Å². The Bertz CT molecular complexity index is 1490. The van der Waals surface area contributed by atoms with Crippen molar-refractivity contribution in [2.24, 2.45) is 5.92 Å². The van der Waals surface area contributed by atoms with E-state index in [4.69, 9.17) is 14.0 Å². The highest BCUT2D eigenvalue weighted by atomic mass is 16.5. The topological polar surface area (TPSA) is 203 Å². The Hall–Kier alpha value is -4.44. The fourth-order valence-electron chi connectivity index (χ4n) is 4.08. The van der Waals surface area contributed by atoms with Crippen molar-refractivity contribution in [3.8, 4) is 17.2 Å². The highest BCUT2D eigenvalue weighted by Crippen LogP contribution is 2.38. The lowest BCUT2D eigenvalue weighted by Gasteiger charge is -2.21. The summed E-state index contributed by atoms with van der Waals surface area (Å²) < 4.78 is 16.0. The predicted octanol–water partition coefficient (Wildman–Crippen LogP) is -1.95. The molecule has 0 spiro atoms. The van der Waals surface area contributed by atoms with Crippen LogP contribution in [0.2, 0.25) is 0 Å². The van der Waals surface area contributed by atoms with Crippen molar-refractivity contribution in [3.63, 3.8) is 0 Å². The number of aliphatic hydroxyl groups excluding tert-OH is 1. The van der Waals surface area contributed by atoms with Gasteiger partial charge in [0.05, 0.1) is 30.2 Å². The average Bonchev–Trinajstić information content (AvgIpc) is 3.68. The summed E-state index contributed by atoms with van der Waals surface area (Å²) in [7, 11) is 8.34. The summed E-state index contributed by atoms with van der Waals surface area (Å²) in [6.45, 7) is 1.28. The predicted molar refractivity (Wildman–Crippen MR) is 163 cm³/mol. The van der Waals surface area contributed by atoms with Gasteiger partial charge in [-0.1, -0.05) is 11.2 Å². The molecule has 1 saturated carbocycles. The first kappa shape index (κ1) is 31.5. The molecule has 15 nitrogen and oxygen atoms in total. The van der Waals surface area contributed by atoms with Gasteiger partial charge in [0.15, 0.2) is 23.1 Å². The van der Waals surface area contributed by atoms with Crippen LogP contribution in [0.1, 0.15) is 42.1 Å². The largest absolute Gasteiger partial charge is 0.494 e. The lowest BCUT2D eigenvalue weighted by atomic mass is 9.49. The first-order valence-electron chi connectivity index (χ1n) is 13.7. The number of carbonyl (C=O) groups excluding carboxylic acids is 3. The second-order valence-electron chi connectivity index (χ2n) is 11.1. The molecule has 224 valence electrons. The third-order valence-electron chi connectivity index (χ3n) is 6.21. The van der Waals surface area contributed by atoms with Crippen LogP contribution in [0.3, 0.4) is 0 Å². The van der Waals surface area contributed by atoms with E-state index in [1.54, 1.807) is 18.2 Å². The molecular formula is C25H33B3N8O7. The van der Waals surface area contributed by atoms with Gasteiger partial charge in [0, 0.05) is 19.1 Å². The normalized spacial score (nSPS) is 14.3. The molecule has 4 rings (SSSR count). The number of hydrogen-bond donors (Lipinski definition) is 5. The molecule has 3 aromatic rings. The second-order valence-corrected chi connectivity index (χ2v) is 11.1. The van der Waals surface area contributed by atoms with Crippen LogP contribution in [0.5, 0.6) is 5.75 Å². The molecule has 1 aliphatic carbocycles. The van der Waals surface area contributed by atoms with Gasteiger partial charge in [-0.25, -0.2) is 0 Å². The monoisotopic (exact) mass is 590 g/mol. The van der Waals surface area contributed by atoms with Gasteiger partial charge in [-0.2, -0.15) is 4.98 Å². The number of aliphatic hydroxyl groups is 1. The molecule has 0 saturated heterocycles. The Morgan fingerprint density at radius 3 is 2.53 bits per heavy atom. The lowest BCUT2D eigenvalue weighted by molar-refractivity contribution is -0.126. The van der Waals surface area contributed by atoms with Crippen molar-refractivity contribution < 1.29 is 33.5 Å². The van der Waals surface area contributed by atoms with E-state index < -0.39 is 29.2 Å². The lowest BCUT2D eigenvalue weighted by Crippen LogP contribution is -2.50. The number of rotatable bonds is 13. The van der Waals surface area contributed by atoms with Crippen molar-refractivity contribution in [3.05, 3.63) is 35.8 Å². The van der Waals surface area contributed by atoms with Crippen molar-refractivity contribution >= 4 is 58.5 Å². The van der Waals surface area contributed by atoms with E-state index >= 15 is 0 Å². The molecule has 0 bridgehead atoms. The fraction of sp³-hybridized carbons (Fsp3) is 0.400. The van der Waals surface area contributed by atoms with Gasteiger partial charge in [-0.3, -0.25) is 14.4 Å². The molecule has 1 aliphatic rings.